The van der Waals surface area contributed by atoms with Crippen molar-refractivity contribution in [3.8, 4) is 0 Å². The van der Waals surface area contributed by atoms with E-state index in [0.29, 0.717) is 11.4 Å². The van der Waals surface area contributed by atoms with Crippen LogP contribution in [0.25, 0.3) is 0 Å². The van der Waals surface area contributed by atoms with Crippen molar-refractivity contribution in [1.82, 2.24) is 10.8 Å². The fourth-order valence-electron chi connectivity index (χ4n) is 1.78. The zero-order valence-electron chi connectivity index (χ0n) is 12.1. The normalized spacial score (nSPS) is 12.1. The molecule has 5 nitrogen and oxygen atoms in total. The molecule has 1 atom stereocenters. The predicted molar refractivity (Wildman–Crippen MR) is 82.3 cm³/mol. The second kappa shape index (κ2) is 8.22. The summed E-state index contributed by atoms with van der Waals surface area (Å²) in [7, 11) is 1.34. The van der Waals surface area contributed by atoms with E-state index in [1.165, 1.54) is 19.2 Å². The Kier molecular flexibility index (Phi) is 6.95. The zero-order valence-corrected chi connectivity index (χ0v) is 13.6. The van der Waals surface area contributed by atoms with E-state index in [1.54, 1.807) is 6.07 Å². The highest BCUT2D eigenvalue weighted by molar-refractivity contribution is 6.36. The van der Waals surface area contributed by atoms with Gasteiger partial charge in [-0.2, -0.15) is 0 Å². The molecule has 0 fully saturated rings. The van der Waals surface area contributed by atoms with Gasteiger partial charge in [0.25, 0.3) is 11.8 Å². The molecule has 1 unspecified atom stereocenters. The minimum absolute atomic E-state index is 0.221. The van der Waals surface area contributed by atoms with E-state index >= 15 is 0 Å². The van der Waals surface area contributed by atoms with Crippen LogP contribution in [0.3, 0.4) is 0 Å². The van der Waals surface area contributed by atoms with E-state index in [0.717, 1.165) is 0 Å². The van der Waals surface area contributed by atoms with Crippen molar-refractivity contribution in [3.05, 3.63) is 33.8 Å². The number of hydrogen-bond acceptors (Lipinski definition) is 3. The largest absolute Gasteiger partial charge is 0.340 e. The lowest BCUT2D eigenvalue weighted by molar-refractivity contribution is -0.133. The lowest BCUT2D eigenvalue weighted by Gasteiger charge is -2.19. The summed E-state index contributed by atoms with van der Waals surface area (Å²) in [5.74, 6) is -0.628. The fraction of sp³-hybridized carbons (Fsp3) is 0.429. The Bertz CT molecular complexity index is 521. The minimum Gasteiger partial charge on any atom is -0.340 e. The van der Waals surface area contributed by atoms with E-state index in [-0.39, 0.29) is 16.5 Å². The highest BCUT2D eigenvalue weighted by atomic mass is 35.5. The summed E-state index contributed by atoms with van der Waals surface area (Å²) in [5.41, 5.74) is 2.49. The number of carbonyl (C=O) groups excluding carboxylic acids is 2. The summed E-state index contributed by atoms with van der Waals surface area (Å²) < 4.78 is 0. The van der Waals surface area contributed by atoms with Crippen molar-refractivity contribution >= 4 is 35.0 Å². The van der Waals surface area contributed by atoms with E-state index in [4.69, 9.17) is 23.2 Å². The maximum absolute atomic E-state index is 12.2. The molecule has 2 N–H and O–H groups in total. The monoisotopic (exact) mass is 332 g/mol. The Labute approximate surface area is 133 Å². The first-order chi connectivity index (χ1) is 9.85. The van der Waals surface area contributed by atoms with Crippen LogP contribution in [0.4, 0.5) is 0 Å². The molecule has 116 valence electrons. The molecule has 21 heavy (non-hydrogen) atoms. The van der Waals surface area contributed by atoms with Gasteiger partial charge in [-0.05, 0) is 30.5 Å². The van der Waals surface area contributed by atoms with Gasteiger partial charge in [-0.1, -0.05) is 37.0 Å². The standard InChI is InChI=1S/C14H18Cl2N2O3/c1-8(2)6-12(14(20)18-21-3)17-13(19)10-5-4-9(15)7-11(10)16/h4-5,7-8,12H,6H2,1-3H3,(H,17,19)(H,18,20). The van der Waals surface area contributed by atoms with Gasteiger partial charge < -0.3 is 5.32 Å². The van der Waals surface area contributed by atoms with Gasteiger partial charge in [-0.3, -0.25) is 14.4 Å². The number of nitrogens with one attached hydrogen (secondary N) is 2. The number of hydrogen-bond donors (Lipinski definition) is 2. The molecule has 0 spiro atoms. The van der Waals surface area contributed by atoms with Crippen LogP contribution in [0.1, 0.15) is 30.6 Å². The summed E-state index contributed by atoms with van der Waals surface area (Å²) in [5, 5.41) is 3.32. The maximum Gasteiger partial charge on any atom is 0.266 e. The van der Waals surface area contributed by atoms with Crippen molar-refractivity contribution < 1.29 is 14.4 Å². The lowest BCUT2D eigenvalue weighted by Crippen LogP contribution is -2.47. The molecular formula is C14H18Cl2N2O3. The van der Waals surface area contributed by atoms with Crippen molar-refractivity contribution in [1.29, 1.82) is 0 Å². The van der Waals surface area contributed by atoms with Crippen LogP contribution in [0.2, 0.25) is 10.0 Å². The lowest BCUT2D eigenvalue weighted by atomic mass is 10.0. The van der Waals surface area contributed by atoms with Crippen molar-refractivity contribution in [3.63, 3.8) is 0 Å². The number of carbonyl (C=O) groups is 2. The number of amides is 2. The number of rotatable bonds is 6. The molecule has 0 aliphatic carbocycles. The van der Waals surface area contributed by atoms with Crippen LogP contribution in [-0.4, -0.2) is 25.0 Å². The first-order valence-electron chi connectivity index (χ1n) is 6.44. The quantitative estimate of drug-likeness (QED) is 0.787. The first-order valence-corrected chi connectivity index (χ1v) is 7.19. The molecule has 0 saturated carbocycles. The van der Waals surface area contributed by atoms with Gasteiger partial charge in [0.2, 0.25) is 0 Å². The van der Waals surface area contributed by atoms with Crippen LogP contribution in [0, 0.1) is 5.92 Å². The summed E-state index contributed by atoms with van der Waals surface area (Å²) in [6, 6.07) is 3.85. The van der Waals surface area contributed by atoms with Crippen LogP contribution in [0.5, 0.6) is 0 Å². The summed E-state index contributed by atoms with van der Waals surface area (Å²) in [6.07, 6.45) is 0.478. The van der Waals surface area contributed by atoms with Crippen LogP contribution in [-0.2, 0) is 9.63 Å². The van der Waals surface area contributed by atoms with Gasteiger partial charge in [0.1, 0.15) is 6.04 Å². The minimum atomic E-state index is -0.704. The second-order valence-electron chi connectivity index (χ2n) is 4.95. The summed E-state index contributed by atoms with van der Waals surface area (Å²) >= 11 is 11.8. The number of hydroxylamine groups is 1. The van der Waals surface area contributed by atoms with E-state index in [2.05, 4.69) is 15.6 Å². The number of halogens is 2. The van der Waals surface area contributed by atoms with E-state index in [9.17, 15) is 9.59 Å². The molecule has 1 aromatic rings. The Balaban J connectivity index is 2.86. The molecule has 0 radical (unpaired) electrons. The molecular weight excluding hydrogens is 315 g/mol. The molecule has 0 heterocycles. The van der Waals surface area contributed by atoms with Crippen LogP contribution in [0.15, 0.2) is 18.2 Å². The van der Waals surface area contributed by atoms with Crippen molar-refractivity contribution in [2.24, 2.45) is 5.92 Å². The highest BCUT2D eigenvalue weighted by Gasteiger charge is 2.23. The Morgan fingerprint density at radius 2 is 1.95 bits per heavy atom. The molecule has 0 aliphatic heterocycles. The topological polar surface area (TPSA) is 67.4 Å². The summed E-state index contributed by atoms with van der Waals surface area (Å²) in [4.78, 5) is 28.7. The smallest absolute Gasteiger partial charge is 0.266 e. The molecule has 1 aromatic carbocycles. The summed E-state index contributed by atoms with van der Waals surface area (Å²) in [6.45, 7) is 3.91. The molecule has 0 aliphatic rings. The van der Waals surface area contributed by atoms with Gasteiger partial charge >= 0.3 is 0 Å². The third-order valence-electron chi connectivity index (χ3n) is 2.71. The van der Waals surface area contributed by atoms with Gasteiger partial charge in [0.05, 0.1) is 17.7 Å². The van der Waals surface area contributed by atoms with Crippen molar-refractivity contribution in [2.45, 2.75) is 26.3 Å². The molecule has 0 aromatic heterocycles. The van der Waals surface area contributed by atoms with E-state index in [1.807, 2.05) is 13.8 Å². The van der Waals surface area contributed by atoms with Crippen LogP contribution < -0.4 is 10.8 Å². The highest BCUT2D eigenvalue weighted by Crippen LogP contribution is 2.21. The van der Waals surface area contributed by atoms with Gasteiger partial charge in [0, 0.05) is 5.02 Å². The average Bonchev–Trinajstić information content (AvgIpc) is 2.37. The fourth-order valence-corrected chi connectivity index (χ4v) is 2.28. The molecule has 0 saturated heterocycles. The Morgan fingerprint density at radius 3 is 2.48 bits per heavy atom. The third kappa shape index (κ3) is 5.53. The van der Waals surface area contributed by atoms with Gasteiger partial charge in [0.15, 0.2) is 0 Å². The number of benzene rings is 1. The molecule has 0 bridgehead atoms. The second-order valence-corrected chi connectivity index (χ2v) is 5.79. The van der Waals surface area contributed by atoms with Gasteiger partial charge in [-0.15, -0.1) is 0 Å². The molecule has 1 rings (SSSR count). The Hall–Kier alpha value is -1.30. The maximum atomic E-state index is 12.2. The van der Waals surface area contributed by atoms with E-state index < -0.39 is 17.9 Å². The van der Waals surface area contributed by atoms with Crippen molar-refractivity contribution in [2.75, 3.05) is 7.11 Å². The zero-order chi connectivity index (χ0) is 16.0. The molecule has 2 amide bonds. The average molecular weight is 333 g/mol. The van der Waals surface area contributed by atoms with Crippen LogP contribution >= 0.6 is 23.2 Å². The predicted octanol–water partition coefficient (Wildman–Crippen LogP) is 2.82. The first kappa shape index (κ1) is 17.8. The van der Waals surface area contributed by atoms with Gasteiger partial charge in [-0.25, -0.2) is 5.48 Å². The Morgan fingerprint density at radius 1 is 1.29 bits per heavy atom. The SMILES string of the molecule is CONC(=O)C(CC(C)C)NC(=O)c1ccc(Cl)cc1Cl. The third-order valence-corrected chi connectivity index (χ3v) is 3.26. The molecule has 7 heteroatoms.